The van der Waals surface area contributed by atoms with Crippen molar-refractivity contribution in [2.45, 2.75) is 19.9 Å². The van der Waals surface area contributed by atoms with Gasteiger partial charge < -0.3 is 19.4 Å². The van der Waals surface area contributed by atoms with Gasteiger partial charge in [0.05, 0.1) is 18.7 Å². The van der Waals surface area contributed by atoms with Gasteiger partial charge in [0.15, 0.2) is 5.58 Å². The molecule has 3 rings (SSSR count). The van der Waals surface area contributed by atoms with E-state index in [-0.39, 0.29) is 19.1 Å². The van der Waals surface area contributed by atoms with Crippen LogP contribution in [0.4, 0.5) is 10.5 Å². The largest absolute Gasteiger partial charge is 0.450 e. The van der Waals surface area contributed by atoms with Gasteiger partial charge in [0.1, 0.15) is 0 Å². The molecule has 32 heavy (non-hydrogen) atoms. The summed E-state index contributed by atoms with van der Waals surface area (Å²) in [6, 6.07) is 12.1. The van der Waals surface area contributed by atoms with Gasteiger partial charge in [0.2, 0.25) is 0 Å². The molecule has 1 aromatic heterocycles. The monoisotopic (exact) mass is 440 g/mol. The van der Waals surface area contributed by atoms with Crippen molar-refractivity contribution < 1.29 is 18.7 Å². The van der Waals surface area contributed by atoms with E-state index in [9.17, 15) is 14.4 Å². The van der Waals surface area contributed by atoms with Gasteiger partial charge in [-0.05, 0) is 69.9 Å². The van der Waals surface area contributed by atoms with E-state index in [1.807, 2.05) is 20.2 Å². The molecule has 9 heteroatoms. The molecular formula is C23H28N4O5. The third-order valence-corrected chi connectivity index (χ3v) is 4.79. The number of hydrogen-bond acceptors (Lipinski definition) is 6. The first-order chi connectivity index (χ1) is 15.4. The highest BCUT2D eigenvalue weighted by molar-refractivity contribution is 5.97. The highest BCUT2D eigenvalue weighted by Crippen LogP contribution is 2.18. The van der Waals surface area contributed by atoms with Crippen molar-refractivity contribution in [3.8, 4) is 0 Å². The smallest absolute Gasteiger partial charge is 0.420 e. The van der Waals surface area contributed by atoms with Crippen LogP contribution in [0.5, 0.6) is 0 Å². The van der Waals surface area contributed by atoms with E-state index in [1.54, 1.807) is 43.3 Å². The van der Waals surface area contributed by atoms with Crippen molar-refractivity contribution in [2.24, 2.45) is 0 Å². The molecule has 3 aromatic rings. The van der Waals surface area contributed by atoms with Crippen molar-refractivity contribution >= 4 is 28.8 Å². The van der Waals surface area contributed by atoms with Crippen molar-refractivity contribution in [1.82, 2.24) is 14.8 Å². The van der Waals surface area contributed by atoms with Crippen LogP contribution in [-0.4, -0.2) is 55.3 Å². The van der Waals surface area contributed by atoms with Crippen molar-refractivity contribution in [3.05, 3.63) is 64.1 Å². The van der Waals surface area contributed by atoms with E-state index in [2.05, 4.69) is 15.5 Å². The zero-order chi connectivity index (χ0) is 23.1. The highest BCUT2D eigenvalue weighted by atomic mass is 16.5. The van der Waals surface area contributed by atoms with Crippen LogP contribution in [-0.2, 0) is 11.3 Å². The zero-order valence-corrected chi connectivity index (χ0v) is 18.5. The molecule has 2 aromatic carbocycles. The molecular weight excluding hydrogens is 412 g/mol. The number of amides is 2. The summed E-state index contributed by atoms with van der Waals surface area (Å²) in [5, 5.41) is 5.52. The Morgan fingerprint density at radius 3 is 2.72 bits per heavy atom. The van der Waals surface area contributed by atoms with Gasteiger partial charge in [-0.25, -0.2) is 9.59 Å². The van der Waals surface area contributed by atoms with Crippen LogP contribution in [0.2, 0.25) is 0 Å². The number of benzene rings is 2. The van der Waals surface area contributed by atoms with Crippen LogP contribution >= 0.6 is 0 Å². The number of carbonyl (C=O) groups excluding carboxylic acids is 2. The van der Waals surface area contributed by atoms with E-state index in [0.717, 1.165) is 18.5 Å². The number of ether oxygens (including phenoxy) is 1. The summed E-state index contributed by atoms with van der Waals surface area (Å²) in [6.07, 6.45) is 0.305. The summed E-state index contributed by atoms with van der Waals surface area (Å²) >= 11 is 0. The first-order valence-electron chi connectivity index (χ1n) is 10.5. The first kappa shape index (κ1) is 23.1. The fourth-order valence-electron chi connectivity index (χ4n) is 3.27. The SMILES string of the molecule is CCOC(=O)Nc1cccc(Cn2c(=O)oc3cc(C(=O)NCCCN(C)C)ccc32)c1. The Labute approximate surface area is 186 Å². The molecule has 0 unspecified atom stereocenters. The molecule has 0 aliphatic rings. The molecule has 0 spiro atoms. The summed E-state index contributed by atoms with van der Waals surface area (Å²) < 4.78 is 11.7. The van der Waals surface area contributed by atoms with Crippen molar-refractivity contribution in [1.29, 1.82) is 0 Å². The summed E-state index contributed by atoms with van der Waals surface area (Å²) in [7, 11) is 3.96. The van der Waals surface area contributed by atoms with Gasteiger partial charge in [-0.15, -0.1) is 0 Å². The lowest BCUT2D eigenvalue weighted by atomic mass is 10.1. The zero-order valence-electron chi connectivity index (χ0n) is 18.5. The average molecular weight is 441 g/mol. The van der Waals surface area contributed by atoms with E-state index in [4.69, 9.17) is 9.15 Å². The Kier molecular flexibility index (Phi) is 7.67. The molecule has 0 aliphatic carbocycles. The fraction of sp³-hybridized carbons (Fsp3) is 0.348. The molecule has 0 saturated heterocycles. The lowest BCUT2D eigenvalue weighted by Crippen LogP contribution is -2.27. The number of anilines is 1. The number of rotatable bonds is 9. The first-order valence-corrected chi connectivity index (χ1v) is 10.5. The number of hydrogen-bond donors (Lipinski definition) is 2. The normalized spacial score (nSPS) is 11.0. The van der Waals surface area contributed by atoms with Crippen molar-refractivity contribution in [3.63, 3.8) is 0 Å². The van der Waals surface area contributed by atoms with Crippen molar-refractivity contribution in [2.75, 3.05) is 39.1 Å². The molecule has 2 amide bonds. The maximum Gasteiger partial charge on any atom is 0.420 e. The molecule has 0 fully saturated rings. The molecule has 2 N–H and O–H groups in total. The quantitative estimate of drug-likeness (QED) is 0.496. The summed E-state index contributed by atoms with van der Waals surface area (Å²) in [5.74, 6) is -0.730. The Morgan fingerprint density at radius 1 is 1.16 bits per heavy atom. The van der Waals surface area contributed by atoms with Crippen LogP contribution in [0.3, 0.4) is 0 Å². The third kappa shape index (κ3) is 5.98. The minimum atomic E-state index is -0.539. The fourth-order valence-corrected chi connectivity index (χ4v) is 3.27. The maximum absolute atomic E-state index is 12.4. The second-order valence-electron chi connectivity index (χ2n) is 7.60. The van der Waals surface area contributed by atoms with Gasteiger partial charge in [-0.1, -0.05) is 12.1 Å². The Hall–Kier alpha value is -3.59. The van der Waals surface area contributed by atoms with Crippen LogP contribution in [0, 0.1) is 0 Å². The highest BCUT2D eigenvalue weighted by Gasteiger charge is 2.14. The van der Waals surface area contributed by atoms with Gasteiger partial charge in [0, 0.05) is 17.8 Å². The molecule has 0 saturated carbocycles. The van der Waals surface area contributed by atoms with Gasteiger partial charge in [-0.3, -0.25) is 14.7 Å². The minimum absolute atomic E-state index is 0.209. The van der Waals surface area contributed by atoms with E-state index in [1.165, 1.54) is 4.57 Å². The van der Waals surface area contributed by atoms with Gasteiger partial charge >= 0.3 is 11.8 Å². The van der Waals surface area contributed by atoms with Crippen LogP contribution in [0.25, 0.3) is 11.1 Å². The second kappa shape index (κ2) is 10.6. The molecule has 0 radical (unpaired) electrons. The number of oxazole rings is 1. The Morgan fingerprint density at radius 2 is 1.97 bits per heavy atom. The number of aromatic nitrogens is 1. The van der Waals surface area contributed by atoms with Crippen LogP contribution in [0.15, 0.2) is 51.7 Å². The molecule has 0 aliphatic heterocycles. The standard InChI is InChI=1S/C23H28N4O5/c1-4-31-22(29)25-18-8-5-7-16(13-18)15-27-19-10-9-17(14-20(19)32-23(27)30)21(28)24-11-6-12-26(2)3/h5,7-10,13-14H,4,6,11-12,15H2,1-3H3,(H,24,28)(H,25,29). The second-order valence-corrected chi connectivity index (χ2v) is 7.60. The summed E-state index contributed by atoms with van der Waals surface area (Å²) in [4.78, 5) is 38.5. The molecule has 9 nitrogen and oxygen atoms in total. The Balaban J connectivity index is 1.73. The average Bonchev–Trinajstić information content (AvgIpc) is 3.05. The Bertz CT molecular complexity index is 1150. The molecule has 1 heterocycles. The van der Waals surface area contributed by atoms with Crippen LogP contribution < -0.4 is 16.4 Å². The van der Waals surface area contributed by atoms with Gasteiger partial charge in [0.25, 0.3) is 5.91 Å². The topological polar surface area (TPSA) is 106 Å². The molecule has 0 bridgehead atoms. The predicted molar refractivity (Wildman–Crippen MR) is 122 cm³/mol. The molecule has 0 atom stereocenters. The molecule has 170 valence electrons. The number of fused-ring (bicyclic) bond motifs is 1. The predicted octanol–water partition coefficient (Wildman–Crippen LogP) is 2.89. The van der Waals surface area contributed by atoms with E-state index >= 15 is 0 Å². The number of carbonyl (C=O) groups is 2. The lowest BCUT2D eigenvalue weighted by Gasteiger charge is -2.10. The number of nitrogens with zero attached hydrogens (tertiary/aromatic N) is 2. The maximum atomic E-state index is 12.4. The van der Waals surface area contributed by atoms with Gasteiger partial charge in [-0.2, -0.15) is 0 Å². The summed E-state index contributed by atoms with van der Waals surface area (Å²) in [6.45, 7) is 3.70. The summed E-state index contributed by atoms with van der Waals surface area (Å²) in [5.41, 5.74) is 2.73. The van der Waals surface area contributed by atoms with E-state index < -0.39 is 11.8 Å². The minimum Gasteiger partial charge on any atom is -0.450 e. The third-order valence-electron chi connectivity index (χ3n) is 4.79. The van der Waals surface area contributed by atoms with Crippen LogP contribution in [0.1, 0.15) is 29.3 Å². The van der Waals surface area contributed by atoms with E-state index in [0.29, 0.717) is 28.9 Å². The lowest BCUT2D eigenvalue weighted by molar-refractivity contribution is 0.0952. The number of nitrogens with one attached hydrogen (secondary N) is 2.